The van der Waals surface area contributed by atoms with Crippen LogP contribution in [-0.2, 0) is 4.74 Å². The Labute approximate surface area is 178 Å². The number of esters is 1. The van der Waals surface area contributed by atoms with Crippen molar-refractivity contribution in [3.8, 4) is 5.69 Å². The first-order valence-electron chi connectivity index (χ1n) is 9.24. The van der Waals surface area contributed by atoms with E-state index >= 15 is 0 Å². The number of nitrogens with one attached hydrogen (secondary N) is 1. The zero-order valence-electron chi connectivity index (χ0n) is 16.7. The minimum absolute atomic E-state index is 0.229. The Hall–Kier alpha value is -3.45. The third-order valence-electron chi connectivity index (χ3n) is 4.11. The Morgan fingerprint density at radius 3 is 2.30 bits per heavy atom. The maximum Gasteiger partial charge on any atom is 0.338 e. The van der Waals surface area contributed by atoms with Crippen LogP contribution in [0.5, 0.6) is 0 Å². The van der Waals surface area contributed by atoms with Gasteiger partial charge in [-0.3, -0.25) is 9.59 Å². The SMILES string of the molecule is Cc1cc(=O)c(C(=O)Nc2ccc(C(=O)OC(C)C)cc2)nn1-c1ccc(Cl)cc1. The average molecular weight is 426 g/mol. The topological polar surface area (TPSA) is 90.3 Å². The number of rotatable bonds is 5. The number of hydrogen-bond donors (Lipinski definition) is 1. The molecule has 3 rings (SSSR count). The summed E-state index contributed by atoms with van der Waals surface area (Å²) in [5.74, 6) is -1.10. The predicted octanol–water partition coefficient (Wildman–Crippen LogP) is 4.01. The maximum absolute atomic E-state index is 12.6. The number of hydrogen-bond acceptors (Lipinski definition) is 5. The van der Waals surface area contributed by atoms with Crippen molar-refractivity contribution in [1.29, 1.82) is 0 Å². The molecule has 7 nitrogen and oxygen atoms in total. The monoisotopic (exact) mass is 425 g/mol. The van der Waals surface area contributed by atoms with Crippen LogP contribution in [0.2, 0.25) is 5.02 Å². The van der Waals surface area contributed by atoms with E-state index in [1.807, 2.05) is 0 Å². The molecular formula is C22H20ClN3O4. The highest BCUT2D eigenvalue weighted by atomic mass is 35.5. The van der Waals surface area contributed by atoms with Gasteiger partial charge in [-0.15, -0.1) is 0 Å². The fraction of sp³-hybridized carbons (Fsp3) is 0.182. The van der Waals surface area contributed by atoms with Gasteiger partial charge in [0.2, 0.25) is 5.43 Å². The van der Waals surface area contributed by atoms with Crippen molar-refractivity contribution in [1.82, 2.24) is 9.78 Å². The minimum Gasteiger partial charge on any atom is -0.459 e. The molecule has 0 saturated heterocycles. The van der Waals surface area contributed by atoms with Gasteiger partial charge in [0.1, 0.15) is 0 Å². The smallest absolute Gasteiger partial charge is 0.338 e. The second kappa shape index (κ2) is 8.92. The van der Waals surface area contributed by atoms with Gasteiger partial charge >= 0.3 is 5.97 Å². The number of ether oxygens (including phenoxy) is 1. The fourth-order valence-electron chi connectivity index (χ4n) is 2.71. The summed E-state index contributed by atoms with van der Waals surface area (Å²) in [6, 6.07) is 14.4. The third-order valence-corrected chi connectivity index (χ3v) is 4.37. The number of aryl methyl sites for hydroxylation is 1. The zero-order valence-corrected chi connectivity index (χ0v) is 17.4. The number of nitrogens with zero attached hydrogens (tertiary/aromatic N) is 2. The molecule has 1 N–H and O–H groups in total. The van der Waals surface area contributed by atoms with E-state index in [1.165, 1.54) is 22.9 Å². The molecule has 0 fully saturated rings. The van der Waals surface area contributed by atoms with Crippen molar-refractivity contribution in [3.05, 3.63) is 86.8 Å². The van der Waals surface area contributed by atoms with Crippen LogP contribution in [0.15, 0.2) is 59.4 Å². The standard InChI is InChI=1S/C22H20ClN3O4/c1-13(2)30-22(29)15-4-8-17(9-5-15)24-21(28)20-19(27)12-14(3)26(25-20)18-10-6-16(23)7-11-18/h4-13H,1-3H3,(H,24,28). The van der Waals surface area contributed by atoms with Crippen molar-refractivity contribution in [2.75, 3.05) is 5.32 Å². The molecule has 3 aromatic rings. The summed E-state index contributed by atoms with van der Waals surface area (Å²) in [5.41, 5.74) is 1.28. The lowest BCUT2D eigenvalue weighted by atomic mass is 10.2. The molecule has 0 bridgehead atoms. The Morgan fingerprint density at radius 2 is 1.70 bits per heavy atom. The molecular weight excluding hydrogens is 406 g/mol. The summed E-state index contributed by atoms with van der Waals surface area (Å²) in [6.45, 7) is 5.25. The van der Waals surface area contributed by atoms with Crippen molar-refractivity contribution in [2.45, 2.75) is 26.9 Å². The van der Waals surface area contributed by atoms with Crippen LogP contribution in [-0.4, -0.2) is 27.8 Å². The van der Waals surface area contributed by atoms with Crippen LogP contribution in [0.3, 0.4) is 0 Å². The molecule has 0 spiro atoms. The van der Waals surface area contributed by atoms with Gasteiger partial charge in [-0.05, 0) is 69.3 Å². The Kier molecular flexibility index (Phi) is 6.32. The minimum atomic E-state index is -0.653. The van der Waals surface area contributed by atoms with Gasteiger partial charge in [0.05, 0.1) is 17.4 Å². The number of halogens is 1. The number of anilines is 1. The molecule has 154 valence electrons. The lowest BCUT2D eigenvalue weighted by Gasteiger charge is -2.12. The van der Waals surface area contributed by atoms with Gasteiger partial charge in [0, 0.05) is 22.5 Å². The largest absolute Gasteiger partial charge is 0.459 e. The van der Waals surface area contributed by atoms with E-state index in [9.17, 15) is 14.4 Å². The molecule has 2 aromatic carbocycles. The van der Waals surface area contributed by atoms with Gasteiger partial charge in [0.25, 0.3) is 5.91 Å². The summed E-state index contributed by atoms with van der Waals surface area (Å²) in [5, 5.41) is 7.41. The van der Waals surface area contributed by atoms with E-state index in [-0.39, 0.29) is 11.8 Å². The van der Waals surface area contributed by atoms with Crippen molar-refractivity contribution in [2.24, 2.45) is 0 Å². The van der Waals surface area contributed by atoms with Crippen LogP contribution in [0.25, 0.3) is 5.69 Å². The lowest BCUT2D eigenvalue weighted by Crippen LogP contribution is -2.26. The van der Waals surface area contributed by atoms with E-state index in [1.54, 1.807) is 57.2 Å². The molecule has 0 aliphatic rings. The van der Waals surface area contributed by atoms with Gasteiger partial charge in [-0.2, -0.15) is 5.10 Å². The first-order chi connectivity index (χ1) is 14.2. The summed E-state index contributed by atoms with van der Waals surface area (Å²) in [6.07, 6.45) is -0.229. The second-order valence-electron chi connectivity index (χ2n) is 6.87. The Balaban J connectivity index is 1.83. The number of aromatic nitrogens is 2. The first kappa shape index (κ1) is 21.3. The quantitative estimate of drug-likeness (QED) is 0.623. The van der Waals surface area contributed by atoms with Crippen LogP contribution >= 0.6 is 11.6 Å². The van der Waals surface area contributed by atoms with Crippen molar-refractivity contribution < 1.29 is 14.3 Å². The van der Waals surface area contributed by atoms with E-state index in [4.69, 9.17) is 16.3 Å². The number of carbonyl (C=O) groups is 2. The van der Waals surface area contributed by atoms with Gasteiger partial charge in [-0.25, -0.2) is 9.48 Å². The first-order valence-corrected chi connectivity index (χ1v) is 9.61. The average Bonchev–Trinajstić information content (AvgIpc) is 2.69. The van der Waals surface area contributed by atoms with Crippen LogP contribution in [0, 0.1) is 6.92 Å². The number of benzene rings is 2. The van der Waals surface area contributed by atoms with Gasteiger partial charge in [-0.1, -0.05) is 11.6 Å². The van der Waals surface area contributed by atoms with Crippen molar-refractivity contribution >= 4 is 29.2 Å². The molecule has 30 heavy (non-hydrogen) atoms. The fourth-order valence-corrected chi connectivity index (χ4v) is 2.84. The van der Waals surface area contributed by atoms with E-state index in [2.05, 4.69) is 10.4 Å². The van der Waals surface area contributed by atoms with E-state index in [0.717, 1.165) is 0 Å². The number of amides is 1. The Morgan fingerprint density at radius 1 is 1.07 bits per heavy atom. The molecule has 0 aliphatic carbocycles. The summed E-state index contributed by atoms with van der Waals surface area (Å²) in [4.78, 5) is 36.9. The van der Waals surface area contributed by atoms with Gasteiger partial charge < -0.3 is 10.1 Å². The summed E-state index contributed by atoms with van der Waals surface area (Å²) in [7, 11) is 0. The summed E-state index contributed by atoms with van der Waals surface area (Å²) >= 11 is 5.92. The second-order valence-corrected chi connectivity index (χ2v) is 7.31. The van der Waals surface area contributed by atoms with E-state index < -0.39 is 17.3 Å². The maximum atomic E-state index is 12.6. The molecule has 0 saturated carbocycles. The number of carbonyl (C=O) groups excluding carboxylic acids is 2. The van der Waals surface area contributed by atoms with Crippen LogP contribution < -0.4 is 10.7 Å². The molecule has 1 amide bonds. The predicted molar refractivity (Wildman–Crippen MR) is 115 cm³/mol. The summed E-state index contributed by atoms with van der Waals surface area (Å²) < 4.78 is 6.63. The van der Waals surface area contributed by atoms with Gasteiger partial charge in [0.15, 0.2) is 5.69 Å². The van der Waals surface area contributed by atoms with Crippen LogP contribution in [0.1, 0.15) is 40.4 Å². The molecule has 0 radical (unpaired) electrons. The normalized spacial score (nSPS) is 10.7. The zero-order chi connectivity index (χ0) is 21.8. The molecule has 0 unspecified atom stereocenters. The highest BCUT2D eigenvalue weighted by Crippen LogP contribution is 2.15. The third kappa shape index (κ3) is 4.93. The molecule has 8 heteroatoms. The van der Waals surface area contributed by atoms with E-state index in [0.29, 0.717) is 27.7 Å². The lowest BCUT2D eigenvalue weighted by molar-refractivity contribution is 0.0378. The Bertz CT molecular complexity index is 1140. The molecule has 1 aromatic heterocycles. The van der Waals surface area contributed by atoms with Crippen molar-refractivity contribution in [3.63, 3.8) is 0 Å². The highest BCUT2D eigenvalue weighted by molar-refractivity contribution is 6.30. The van der Waals surface area contributed by atoms with Crippen LogP contribution in [0.4, 0.5) is 5.69 Å². The molecule has 0 aliphatic heterocycles. The highest BCUT2D eigenvalue weighted by Gasteiger charge is 2.16. The molecule has 0 atom stereocenters. The molecule has 1 heterocycles.